The zero-order valence-corrected chi connectivity index (χ0v) is 15.1. The first-order valence-electron chi connectivity index (χ1n) is 8.13. The fraction of sp³-hybridized carbons (Fsp3) is 0.200. The van der Waals surface area contributed by atoms with Crippen LogP contribution in [0.4, 0.5) is 5.69 Å². The van der Waals surface area contributed by atoms with Crippen LogP contribution in [0, 0.1) is 36.3 Å². The number of carbonyl (C=O) groups is 1. The lowest BCUT2D eigenvalue weighted by Gasteiger charge is -2.07. The van der Waals surface area contributed by atoms with Crippen LogP contribution >= 0.6 is 0 Å². The molecule has 0 aliphatic heterocycles. The molecule has 2 aromatic carbocycles. The number of nitro benzene ring substituents is 1. The van der Waals surface area contributed by atoms with E-state index >= 15 is 0 Å². The van der Waals surface area contributed by atoms with Crippen molar-refractivity contribution in [1.82, 2.24) is 5.43 Å². The highest BCUT2D eigenvalue weighted by atomic mass is 16.6. The van der Waals surface area contributed by atoms with Crippen molar-refractivity contribution < 1.29 is 14.5 Å². The molecule has 27 heavy (non-hydrogen) atoms. The first-order chi connectivity index (χ1) is 12.9. The van der Waals surface area contributed by atoms with Gasteiger partial charge in [-0.1, -0.05) is 29.7 Å². The zero-order chi connectivity index (χ0) is 19.8. The van der Waals surface area contributed by atoms with Gasteiger partial charge >= 0.3 is 0 Å². The molecule has 0 fully saturated rings. The van der Waals surface area contributed by atoms with E-state index in [-0.39, 0.29) is 24.6 Å². The Morgan fingerprint density at radius 1 is 1.33 bits per heavy atom. The van der Waals surface area contributed by atoms with E-state index < -0.39 is 4.92 Å². The summed E-state index contributed by atoms with van der Waals surface area (Å²) in [5, 5.41) is 14.8. The molecule has 0 aromatic heterocycles. The number of terminal acetylenes is 1. The summed E-state index contributed by atoms with van der Waals surface area (Å²) in [7, 11) is 0. The van der Waals surface area contributed by atoms with Crippen molar-refractivity contribution >= 4 is 17.8 Å². The van der Waals surface area contributed by atoms with Crippen LogP contribution in [0.2, 0.25) is 0 Å². The molecular weight excluding hydrogens is 346 g/mol. The molecule has 2 aromatic rings. The molecule has 1 amide bonds. The molecule has 0 spiro atoms. The smallest absolute Gasteiger partial charge is 0.270 e. The topological polar surface area (TPSA) is 93.8 Å². The maximum Gasteiger partial charge on any atom is 0.270 e. The van der Waals surface area contributed by atoms with Gasteiger partial charge in [-0.25, -0.2) is 5.43 Å². The minimum Gasteiger partial charge on any atom is -0.480 e. The van der Waals surface area contributed by atoms with Crippen LogP contribution in [-0.4, -0.2) is 23.7 Å². The lowest BCUT2D eigenvalue weighted by molar-refractivity contribution is -0.384. The lowest BCUT2D eigenvalue weighted by Crippen LogP contribution is -2.20. The molecule has 138 valence electrons. The standard InChI is InChI=1S/C20H19N3O4/c1-4-9-27-19-8-7-18(23(25)26)11-17(19)13-21-22-20(24)12-16-10-14(2)5-6-15(16)3/h1,5-8,10-11,13H,9,12H2,2-3H3,(H,22,24)/b21-13+. The number of aryl methyl sites for hydroxylation is 2. The third-order valence-electron chi connectivity index (χ3n) is 3.76. The minimum absolute atomic E-state index is 0.0116. The number of nitrogens with zero attached hydrogens (tertiary/aromatic N) is 2. The molecule has 0 aliphatic rings. The summed E-state index contributed by atoms with van der Waals surface area (Å²) in [4.78, 5) is 22.5. The Morgan fingerprint density at radius 3 is 2.81 bits per heavy atom. The number of ether oxygens (including phenoxy) is 1. The number of hydrogen-bond donors (Lipinski definition) is 1. The molecular formula is C20H19N3O4. The van der Waals surface area contributed by atoms with E-state index in [0.29, 0.717) is 11.3 Å². The Hall–Kier alpha value is -3.66. The molecule has 0 saturated carbocycles. The second-order valence-electron chi connectivity index (χ2n) is 5.87. The third kappa shape index (κ3) is 5.68. The normalized spacial score (nSPS) is 10.4. The second-order valence-corrected chi connectivity index (χ2v) is 5.87. The molecule has 0 unspecified atom stereocenters. The average molecular weight is 365 g/mol. The fourth-order valence-electron chi connectivity index (χ4n) is 2.38. The molecule has 7 heteroatoms. The van der Waals surface area contributed by atoms with Crippen molar-refractivity contribution in [2.75, 3.05) is 6.61 Å². The molecule has 0 atom stereocenters. The van der Waals surface area contributed by atoms with E-state index in [0.717, 1.165) is 16.7 Å². The van der Waals surface area contributed by atoms with E-state index in [9.17, 15) is 14.9 Å². The van der Waals surface area contributed by atoms with Gasteiger partial charge in [-0.05, 0) is 31.0 Å². The van der Waals surface area contributed by atoms with Gasteiger partial charge in [0, 0.05) is 17.7 Å². The first-order valence-corrected chi connectivity index (χ1v) is 8.13. The van der Waals surface area contributed by atoms with Gasteiger partial charge < -0.3 is 4.74 Å². The van der Waals surface area contributed by atoms with Crippen LogP contribution in [0.15, 0.2) is 41.5 Å². The van der Waals surface area contributed by atoms with Crippen LogP contribution in [0.25, 0.3) is 0 Å². The lowest BCUT2D eigenvalue weighted by atomic mass is 10.0. The van der Waals surface area contributed by atoms with Crippen molar-refractivity contribution in [1.29, 1.82) is 0 Å². The Kier molecular flexibility index (Phi) is 6.67. The van der Waals surface area contributed by atoms with Crippen molar-refractivity contribution in [3.63, 3.8) is 0 Å². The van der Waals surface area contributed by atoms with Gasteiger partial charge in [0.05, 0.1) is 17.6 Å². The summed E-state index contributed by atoms with van der Waals surface area (Å²) in [6.07, 6.45) is 6.64. The maximum absolute atomic E-state index is 12.1. The highest BCUT2D eigenvalue weighted by Crippen LogP contribution is 2.22. The Morgan fingerprint density at radius 2 is 2.11 bits per heavy atom. The summed E-state index contributed by atoms with van der Waals surface area (Å²) < 4.78 is 5.34. The van der Waals surface area contributed by atoms with E-state index in [1.165, 1.54) is 24.4 Å². The fourth-order valence-corrected chi connectivity index (χ4v) is 2.38. The van der Waals surface area contributed by atoms with E-state index in [2.05, 4.69) is 16.4 Å². The predicted octanol–water partition coefficient (Wildman–Crippen LogP) is 2.92. The van der Waals surface area contributed by atoms with E-state index in [4.69, 9.17) is 11.2 Å². The SMILES string of the molecule is C#CCOc1ccc([N+](=O)[O-])cc1/C=N/NC(=O)Cc1cc(C)ccc1C. The molecule has 0 radical (unpaired) electrons. The number of benzene rings is 2. The number of rotatable bonds is 7. The summed E-state index contributed by atoms with van der Waals surface area (Å²) in [5.74, 6) is 2.37. The Balaban J connectivity index is 2.10. The summed E-state index contributed by atoms with van der Waals surface area (Å²) >= 11 is 0. The Labute approximate surface area is 157 Å². The van der Waals surface area contributed by atoms with E-state index in [1.54, 1.807) is 0 Å². The number of non-ortho nitro benzene ring substituents is 1. The van der Waals surface area contributed by atoms with Crippen LogP contribution in [-0.2, 0) is 11.2 Å². The molecule has 1 N–H and O–H groups in total. The van der Waals surface area contributed by atoms with Gasteiger partial charge in [0.25, 0.3) is 5.69 Å². The summed E-state index contributed by atoms with van der Waals surface area (Å²) in [6, 6.07) is 9.93. The van der Waals surface area contributed by atoms with Crippen molar-refractivity contribution in [3.05, 3.63) is 68.8 Å². The highest BCUT2D eigenvalue weighted by molar-refractivity contribution is 5.86. The molecule has 0 bridgehead atoms. The van der Waals surface area contributed by atoms with Crippen LogP contribution in [0.5, 0.6) is 5.75 Å². The quantitative estimate of drug-likeness (QED) is 0.353. The second kappa shape index (κ2) is 9.15. The monoisotopic (exact) mass is 365 g/mol. The molecule has 2 rings (SSSR count). The van der Waals surface area contributed by atoms with Gasteiger partial charge in [0.15, 0.2) is 0 Å². The third-order valence-corrected chi connectivity index (χ3v) is 3.76. The van der Waals surface area contributed by atoms with Crippen LogP contribution in [0.3, 0.4) is 0 Å². The molecule has 0 aliphatic carbocycles. The molecule has 0 heterocycles. The predicted molar refractivity (Wildman–Crippen MR) is 103 cm³/mol. The van der Waals surface area contributed by atoms with Crippen LogP contribution < -0.4 is 10.2 Å². The first kappa shape index (κ1) is 19.7. The van der Waals surface area contributed by atoms with Crippen LogP contribution in [0.1, 0.15) is 22.3 Å². The molecule has 0 saturated heterocycles. The van der Waals surface area contributed by atoms with Crippen molar-refractivity contribution in [2.24, 2.45) is 5.10 Å². The number of hydrogen-bond acceptors (Lipinski definition) is 5. The average Bonchev–Trinajstić information content (AvgIpc) is 2.63. The van der Waals surface area contributed by atoms with Gasteiger partial charge in [-0.15, -0.1) is 6.42 Å². The summed E-state index contributed by atoms with van der Waals surface area (Å²) in [5.41, 5.74) is 5.64. The molecule has 7 nitrogen and oxygen atoms in total. The number of hydrazone groups is 1. The number of carbonyl (C=O) groups excluding carboxylic acids is 1. The zero-order valence-electron chi connectivity index (χ0n) is 15.1. The Bertz CT molecular complexity index is 929. The summed E-state index contributed by atoms with van der Waals surface area (Å²) in [6.45, 7) is 3.90. The van der Waals surface area contributed by atoms with Crippen molar-refractivity contribution in [3.8, 4) is 18.1 Å². The number of amides is 1. The minimum atomic E-state index is -0.526. The van der Waals surface area contributed by atoms with Gasteiger partial charge in [-0.2, -0.15) is 5.10 Å². The van der Waals surface area contributed by atoms with Gasteiger partial charge in [0.1, 0.15) is 12.4 Å². The van der Waals surface area contributed by atoms with Gasteiger partial charge in [-0.3, -0.25) is 14.9 Å². The van der Waals surface area contributed by atoms with Crippen molar-refractivity contribution in [2.45, 2.75) is 20.3 Å². The van der Waals surface area contributed by atoms with Gasteiger partial charge in [0.2, 0.25) is 5.91 Å². The number of nitro groups is 1. The maximum atomic E-state index is 12.1. The highest BCUT2D eigenvalue weighted by Gasteiger charge is 2.11. The van der Waals surface area contributed by atoms with E-state index in [1.807, 2.05) is 32.0 Å². The number of nitrogens with one attached hydrogen (secondary N) is 1. The largest absolute Gasteiger partial charge is 0.480 e.